The number of hydrogen-bond acceptors (Lipinski definition) is 10. The smallest absolute Gasteiger partial charge is 0.410 e. The Balaban J connectivity index is 1.39. The summed E-state index contributed by atoms with van der Waals surface area (Å²) in [6.45, 7) is 5.14. The second kappa shape index (κ2) is 22.2. The number of fused-ring (bicyclic) bond motifs is 3. The van der Waals surface area contributed by atoms with E-state index in [1.807, 2.05) is 54.6 Å². The van der Waals surface area contributed by atoms with Crippen LogP contribution in [-0.2, 0) is 20.9 Å². The predicted octanol–water partition coefficient (Wildman–Crippen LogP) is 10.2. The fraction of sp³-hybridized carbons (Fsp3) is 0.440. The number of amides is 1. The maximum absolute atomic E-state index is 14.7. The van der Waals surface area contributed by atoms with Crippen LogP contribution in [0.3, 0.4) is 0 Å². The number of oxime groups is 1. The Morgan fingerprint density at radius 1 is 0.984 bits per heavy atom. The van der Waals surface area contributed by atoms with Gasteiger partial charge in [-0.2, -0.15) is 0 Å². The van der Waals surface area contributed by atoms with Gasteiger partial charge < -0.3 is 34.0 Å². The number of alkyl halides is 1. The third-order valence-corrected chi connectivity index (χ3v) is 13.5. The van der Waals surface area contributed by atoms with Crippen LogP contribution in [0.25, 0.3) is 10.8 Å². The number of allylic oxidation sites excluding steroid dienone is 1. The van der Waals surface area contributed by atoms with E-state index in [0.717, 1.165) is 64.7 Å². The van der Waals surface area contributed by atoms with E-state index in [9.17, 15) is 15.0 Å². The van der Waals surface area contributed by atoms with E-state index < -0.39 is 23.8 Å². The van der Waals surface area contributed by atoms with E-state index in [2.05, 4.69) is 49.1 Å². The fourth-order valence-corrected chi connectivity index (χ4v) is 10.6. The zero-order valence-electron chi connectivity index (χ0n) is 35.5. The molecule has 1 fully saturated rings. The molecule has 1 amide bonds. The Morgan fingerprint density at radius 3 is 2.53 bits per heavy atom. The van der Waals surface area contributed by atoms with Crippen molar-refractivity contribution in [3.8, 4) is 11.5 Å². The fourth-order valence-electron chi connectivity index (χ4n) is 9.81. The lowest BCUT2D eigenvalue weighted by molar-refractivity contribution is -0.256. The van der Waals surface area contributed by atoms with E-state index in [4.69, 9.17) is 40.5 Å². The third-order valence-electron chi connectivity index (χ3n) is 12.3. The number of thioether (sulfide) groups is 1. The molecule has 7 rings (SSSR count). The standard InChI is InChI=1S/C50H59ClN2O8S/c1-3-27-60-50-46(53(49(56)59-28-24-51)34-37-17-13-16-35-14-7-8-20-40(35)37)33-44(52-57-2)42-31-36(15-9-11-25-54)41(21-10-12-26-55)47(48(42)50)43-32-38(22-23-45(43)61-50)58-29-30-62-39-18-5-4-6-19-39/h3-8,13-14,16-20,22-23,31-32,36,41,46-48,54-55H,1,9-12,15,21,24-30,33-34H2,2H3. The average molecular weight is 884 g/mol. The van der Waals surface area contributed by atoms with Crippen LogP contribution in [0.2, 0.25) is 0 Å². The molecule has 1 saturated carbocycles. The number of benzene rings is 4. The first-order chi connectivity index (χ1) is 30.5. The van der Waals surface area contributed by atoms with Crippen molar-refractivity contribution in [3.05, 3.63) is 126 Å². The highest BCUT2D eigenvalue weighted by atomic mass is 35.5. The minimum atomic E-state index is -1.44. The zero-order chi connectivity index (χ0) is 43.3. The van der Waals surface area contributed by atoms with Gasteiger partial charge in [0.2, 0.25) is 5.79 Å². The van der Waals surface area contributed by atoms with Gasteiger partial charge in [0.05, 0.1) is 37.3 Å². The minimum absolute atomic E-state index is 0.0225. The van der Waals surface area contributed by atoms with Gasteiger partial charge in [-0.1, -0.05) is 90.8 Å². The van der Waals surface area contributed by atoms with Gasteiger partial charge in [0.1, 0.15) is 31.3 Å². The molecule has 0 saturated heterocycles. The van der Waals surface area contributed by atoms with Crippen LogP contribution in [0.5, 0.6) is 11.5 Å². The first kappa shape index (κ1) is 45.5. The highest BCUT2D eigenvalue weighted by Crippen LogP contribution is 2.62. The summed E-state index contributed by atoms with van der Waals surface area (Å²) in [6, 6.07) is 29.8. The van der Waals surface area contributed by atoms with Crippen molar-refractivity contribution >= 4 is 45.9 Å². The molecule has 0 radical (unpaired) electrons. The van der Waals surface area contributed by atoms with Gasteiger partial charge in [0, 0.05) is 41.8 Å². The average Bonchev–Trinajstić information content (AvgIpc) is 3.30. The first-order valence-corrected chi connectivity index (χ1v) is 23.4. The Labute approximate surface area is 374 Å². The third kappa shape index (κ3) is 10.1. The molecule has 4 aromatic carbocycles. The maximum atomic E-state index is 14.7. The molecule has 62 heavy (non-hydrogen) atoms. The van der Waals surface area contributed by atoms with Gasteiger partial charge in [-0.25, -0.2) is 4.79 Å². The van der Waals surface area contributed by atoms with Gasteiger partial charge in [-0.05, 0) is 89.8 Å². The number of hydrogen-bond donors (Lipinski definition) is 2. The number of rotatable bonds is 22. The Hall–Kier alpha value is -4.52. The Bertz CT molecular complexity index is 2160. The van der Waals surface area contributed by atoms with Gasteiger partial charge >= 0.3 is 6.09 Å². The number of unbranched alkanes of at least 4 members (excludes halogenated alkanes) is 2. The Kier molecular flexibility index (Phi) is 16.3. The molecule has 1 aliphatic heterocycles. The molecule has 330 valence electrons. The topological polar surface area (TPSA) is 119 Å². The second-order valence-corrected chi connectivity index (χ2v) is 17.6. The lowest BCUT2D eigenvalue weighted by Crippen LogP contribution is -2.70. The quantitative estimate of drug-likeness (QED) is 0.0261. The van der Waals surface area contributed by atoms with Gasteiger partial charge in [-0.15, -0.1) is 29.9 Å². The summed E-state index contributed by atoms with van der Waals surface area (Å²) in [4.78, 5) is 23.2. The molecular formula is C50H59ClN2O8S. The summed E-state index contributed by atoms with van der Waals surface area (Å²) in [5.74, 6) is 0.392. The van der Waals surface area contributed by atoms with Crippen LogP contribution >= 0.6 is 23.4 Å². The molecule has 0 bridgehead atoms. The molecule has 12 heteroatoms. The normalized spacial score (nSPS) is 23.1. The van der Waals surface area contributed by atoms with Crippen molar-refractivity contribution in [3.63, 3.8) is 0 Å². The van der Waals surface area contributed by atoms with E-state index in [-0.39, 0.29) is 63.0 Å². The van der Waals surface area contributed by atoms with Crippen molar-refractivity contribution in [1.82, 2.24) is 4.90 Å². The number of aliphatic hydroxyl groups excluding tert-OH is 2. The number of halogens is 1. The maximum Gasteiger partial charge on any atom is 0.410 e. The van der Waals surface area contributed by atoms with E-state index >= 15 is 0 Å². The minimum Gasteiger partial charge on any atom is -0.493 e. The monoisotopic (exact) mass is 882 g/mol. The number of aliphatic hydroxyl groups is 2. The summed E-state index contributed by atoms with van der Waals surface area (Å²) in [5.41, 5.74) is 3.60. The summed E-state index contributed by atoms with van der Waals surface area (Å²) < 4.78 is 26.9. The van der Waals surface area contributed by atoms with Crippen molar-refractivity contribution in [2.75, 3.05) is 51.8 Å². The van der Waals surface area contributed by atoms with Gasteiger partial charge in [0.25, 0.3) is 0 Å². The summed E-state index contributed by atoms with van der Waals surface area (Å²) in [6.07, 6.45) is 8.43. The molecular weight excluding hydrogens is 824 g/mol. The lowest BCUT2D eigenvalue weighted by atomic mass is 9.55. The Morgan fingerprint density at radius 2 is 1.76 bits per heavy atom. The largest absolute Gasteiger partial charge is 0.493 e. The molecule has 3 aliphatic rings. The molecule has 2 aliphatic carbocycles. The van der Waals surface area contributed by atoms with Crippen molar-refractivity contribution < 1.29 is 38.8 Å². The van der Waals surface area contributed by atoms with E-state index in [1.165, 1.54) is 4.90 Å². The first-order valence-electron chi connectivity index (χ1n) is 21.8. The number of nitrogens with zero attached hydrogens (tertiary/aromatic N) is 2. The molecule has 2 N–H and O–H groups in total. The van der Waals surface area contributed by atoms with Gasteiger partial charge in [0.15, 0.2) is 0 Å². The molecule has 6 unspecified atom stereocenters. The number of ether oxygens (including phenoxy) is 4. The van der Waals surface area contributed by atoms with Crippen LogP contribution in [-0.4, -0.2) is 90.5 Å². The molecule has 0 spiro atoms. The number of carbonyl (C=O) groups excluding carboxylic acids is 1. The SMILES string of the molecule is C=CCOC12Oc3ccc(OCCSc4ccccc4)cc3C3C(CCCCO)C(CCCCO)C=C(C(=NOC)CC1N(Cc1cccc4ccccc14)C(=O)OCCCl)C32. The van der Waals surface area contributed by atoms with Crippen LogP contribution < -0.4 is 9.47 Å². The molecule has 4 aromatic rings. The molecule has 10 nitrogen and oxygen atoms in total. The zero-order valence-corrected chi connectivity index (χ0v) is 37.1. The van der Waals surface area contributed by atoms with Crippen LogP contribution in [0.4, 0.5) is 4.79 Å². The van der Waals surface area contributed by atoms with E-state index in [1.54, 1.807) is 29.8 Å². The highest BCUT2D eigenvalue weighted by Gasteiger charge is 2.65. The van der Waals surface area contributed by atoms with Crippen molar-refractivity contribution in [2.24, 2.45) is 22.9 Å². The number of carbonyl (C=O) groups is 1. The highest BCUT2D eigenvalue weighted by molar-refractivity contribution is 7.99. The van der Waals surface area contributed by atoms with Crippen LogP contribution in [0, 0.1) is 17.8 Å². The van der Waals surface area contributed by atoms with Gasteiger partial charge in [-0.3, -0.25) is 4.90 Å². The molecule has 0 aromatic heterocycles. The molecule has 1 heterocycles. The molecule has 6 atom stereocenters. The van der Waals surface area contributed by atoms with Crippen molar-refractivity contribution in [1.29, 1.82) is 0 Å². The second-order valence-electron chi connectivity index (χ2n) is 16.0. The summed E-state index contributed by atoms with van der Waals surface area (Å²) >= 11 is 7.88. The predicted molar refractivity (Wildman–Crippen MR) is 246 cm³/mol. The summed E-state index contributed by atoms with van der Waals surface area (Å²) in [7, 11) is 1.55. The van der Waals surface area contributed by atoms with Crippen LogP contribution in [0.1, 0.15) is 62.0 Å². The summed E-state index contributed by atoms with van der Waals surface area (Å²) in [5, 5.41) is 26.7. The lowest BCUT2D eigenvalue weighted by Gasteiger charge is -2.59. The van der Waals surface area contributed by atoms with Crippen molar-refractivity contribution in [2.45, 2.75) is 74.1 Å². The van der Waals surface area contributed by atoms with E-state index in [0.29, 0.717) is 30.9 Å². The van der Waals surface area contributed by atoms with Crippen LogP contribution in [0.15, 0.2) is 125 Å².